The zero-order valence-corrected chi connectivity index (χ0v) is 8.59. The van der Waals surface area contributed by atoms with Crippen molar-refractivity contribution in [2.24, 2.45) is 17.6 Å². The van der Waals surface area contributed by atoms with Gasteiger partial charge in [0.2, 0.25) is 0 Å². The lowest BCUT2D eigenvalue weighted by atomic mass is 9.96. The Bertz CT molecular complexity index is 272. The minimum Gasteiger partial charge on any atom is -0.327 e. The molecule has 0 bridgehead atoms. The van der Waals surface area contributed by atoms with E-state index < -0.39 is 9.84 Å². The fraction of sp³-hybridized carbons (Fsp3) is 1.00. The molecule has 2 aliphatic rings. The molecule has 1 aliphatic carbocycles. The number of rotatable bonds is 2. The van der Waals surface area contributed by atoms with Gasteiger partial charge in [0.05, 0.1) is 11.5 Å². The fourth-order valence-electron chi connectivity index (χ4n) is 2.14. The van der Waals surface area contributed by atoms with E-state index in [4.69, 9.17) is 5.73 Å². The normalized spacial score (nSPS) is 38.8. The first-order chi connectivity index (χ1) is 6.07. The van der Waals surface area contributed by atoms with E-state index in [2.05, 4.69) is 0 Å². The Morgan fingerprint density at radius 2 is 1.77 bits per heavy atom. The molecule has 0 spiro atoms. The molecule has 0 aromatic heterocycles. The molecule has 4 heteroatoms. The molecule has 1 saturated heterocycles. The summed E-state index contributed by atoms with van der Waals surface area (Å²) < 4.78 is 22.3. The lowest BCUT2D eigenvalue weighted by Crippen LogP contribution is -2.24. The van der Waals surface area contributed by atoms with Gasteiger partial charge in [0, 0.05) is 6.04 Å². The third-order valence-corrected chi connectivity index (χ3v) is 5.00. The molecule has 2 fully saturated rings. The fourth-order valence-corrected chi connectivity index (χ4v) is 3.73. The molecule has 0 amide bonds. The summed E-state index contributed by atoms with van der Waals surface area (Å²) in [6.07, 6.45) is 4.05. The molecule has 76 valence electrons. The maximum absolute atomic E-state index is 11.1. The van der Waals surface area contributed by atoms with Crippen LogP contribution in [0.5, 0.6) is 0 Å². The third kappa shape index (κ3) is 2.44. The smallest absolute Gasteiger partial charge is 0.150 e. The lowest BCUT2D eigenvalue weighted by molar-refractivity contribution is 0.410. The molecule has 3 nitrogen and oxygen atoms in total. The van der Waals surface area contributed by atoms with Gasteiger partial charge < -0.3 is 5.73 Å². The number of hydrogen-bond acceptors (Lipinski definition) is 3. The Hall–Kier alpha value is -0.0900. The molecule has 2 unspecified atom stereocenters. The molecule has 2 rings (SSSR count). The summed E-state index contributed by atoms with van der Waals surface area (Å²) in [4.78, 5) is 0. The van der Waals surface area contributed by atoms with Gasteiger partial charge in [-0.25, -0.2) is 8.42 Å². The van der Waals surface area contributed by atoms with E-state index in [-0.39, 0.29) is 0 Å². The third-order valence-electron chi connectivity index (χ3n) is 3.29. The summed E-state index contributed by atoms with van der Waals surface area (Å²) in [5, 5.41) is 0. The second-order valence-corrected chi connectivity index (χ2v) is 6.79. The second-order valence-electron chi connectivity index (χ2n) is 4.49. The summed E-state index contributed by atoms with van der Waals surface area (Å²) in [7, 11) is -2.68. The lowest BCUT2D eigenvalue weighted by Gasteiger charge is -2.21. The van der Waals surface area contributed by atoms with E-state index in [1.165, 1.54) is 0 Å². The molecule has 0 aromatic rings. The monoisotopic (exact) mass is 203 g/mol. The van der Waals surface area contributed by atoms with Gasteiger partial charge in [-0.3, -0.25) is 0 Å². The van der Waals surface area contributed by atoms with Crippen molar-refractivity contribution in [3.05, 3.63) is 0 Å². The Morgan fingerprint density at radius 3 is 2.23 bits per heavy atom. The van der Waals surface area contributed by atoms with Crippen LogP contribution in [0.1, 0.15) is 25.7 Å². The molecule has 1 aliphatic heterocycles. The maximum atomic E-state index is 11.1. The van der Waals surface area contributed by atoms with Crippen molar-refractivity contribution < 1.29 is 8.42 Å². The van der Waals surface area contributed by atoms with Crippen LogP contribution in [0.4, 0.5) is 0 Å². The zero-order valence-electron chi connectivity index (χ0n) is 7.78. The first kappa shape index (κ1) is 9.46. The topological polar surface area (TPSA) is 60.2 Å². The summed E-state index contributed by atoms with van der Waals surface area (Å²) in [5.74, 6) is 2.13. The summed E-state index contributed by atoms with van der Waals surface area (Å²) in [6.45, 7) is 0. The van der Waals surface area contributed by atoms with Crippen molar-refractivity contribution in [3.8, 4) is 0 Å². The van der Waals surface area contributed by atoms with E-state index in [0.717, 1.165) is 25.7 Å². The van der Waals surface area contributed by atoms with Gasteiger partial charge in [-0.2, -0.15) is 0 Å². The van der Waals surface area contributed by atoms with Crippen molar-refractivity contribution in [1.29, 1.82) is 0 Å². The van der Waals surface area contributed by atoms with Crippen LogP contribution in [0.3, 0.4) is 0 Å². The maximum Gasteiger partial charge on any atom is 0.150 e. The summed E-state index contributed by atoms with van der Waals surface area (Å²) in [6, 6.07) is 0.415. The van der Waals surface area contributed by atoms with Crippen molar-refractivity contribution in [2.45, 2.75) is 31.7 Å². The zero-order chi connectivity index (χ0) is 9.47. The van der Waals surface area contributed by atoms with Gasteiger partial charge in [-0.1, -0.05) is 0 Å². The molecular weight excluding hydrogens is 186 g/mol. The van der Waals surface area contributed by atoms with E-state index >= 15 is 0 Å². The average molecular weight is 203 g/mol. The number of sulfone groups is 1. The van der Waals surface area contributed by atoms with Crippen LogP contribution in [0.15, 0.2) is 0 Å². The van der Waals surface area contributed by atoms with Gasteiger partial charge in [0.25, 0.3) is 0 Å². The van der Waals surface area contributed by atoms with E-state index in [1.807, 2.05) is 0 Å². The van der Waals surface area contributed by atoms with Crippen molar-refractivity contribution >= 4 is 9.84 Å². The first-order valence-electron chi connectivity index (χ1n) is 5.03. The summed E-state index contributed by atoms with van der Waals surface area (Å²) in [5.41, 5.74) is 5.72. The van der Waals surface area contributed by atoms with Crippen molar-refractivity contribution in [3.63, 3.8) is 0 Å². The standard InChI is InChI=1S/C9H17NO2S/c10-9-6-8(9)5-7-1-3-13(11,12)4-2-7/h7-9H,1-6,10H2. The molecule has 1 saturated carbocycles. The highest BCUT2D eigenvalue weighted by atomic mass is 32.2. The minimum atomic E-state index is -2.68. The highest BCUT2D eigenvalue weighted by molar-refractivity contribution is 7.91. The predicted molar refractivity (Wildman–Crippen MR) is 52.1 cm³/mol. The van der Waals surface area contributed by atoms with Crippen LogP contribution < -0.4 is 5.73 Å². The predicted octanol–water partition coefficient (Wildman–Crippen LogP) is 0.548. The van der Waals surface area contributed by atoms with Gasteiger partial charge in [-0.15, -0.1) is 0 Å². The van der Waals surface area contributed by atoms with Crippen LogP contribution in [0, 0.1) is 11.8 Å². The van der Waals surface area contributed by atoms with Gasteiger partial charge >= 0.3 is 0 Å². The van der Waals surface area contributed by atoms with Gasteiger partial charge in [0.1, 0.15) is 9.84 Å². The molecule has 13 heavy (non-hydrogen) atoms. The second kappa shape index (κ2) is 3.24. The van der Waals surface area contributed by atoms with E-state index in [0.29, 0.717) is 29.4 Å². The molecular formula is C9H17NO2S. The Kier molecular flexibility index (Phi) is 2.36. The average Bonchev–Trinajstić information content (AvgIpc) is 2.72. The highest BCUT2D eigenvalue weighted by Crippen LogP contribution is 2.37. The Balaban J connectivity index is 1.78. The molecule has 0 aromatic carbocycles. The quantitative estimate of drug-likeness (QED) is 0.713. The van der Waals surface area contributed by atoms with Crippen LogP contribution in [0.25, 0.3) is 0 Å². The van der Waals surface area contributed by atoms with Crippen LogP contribution >= 0.6 is 0 Å². The SMILES string of the molecule is NC1CC1CC1CCS(=O)(=O)CC1. The minimum absolute atomic E-state index is 0.402. The number of hydrogen-bond donors (Lipinski definition) is 1. The summed E-state index contributed by atoms with van der Waals surface area (Å²) >= 11 is 0. The molecule has 0 radical (unpaired) electrons. The van der Waals surface area contributed by atoms with Crippen LogP contribution in [-0.2, 0) is 9.84 Å². The molecule has 2 atom stereocenters. The van der Waals surface area contributed by atoms with Gasteiger partial charge in [-0.05, 0) is 37.5 Å². The van der Waals surface area contributed by atoms with E-state index in [1.54, 1.807) is 0 Å². The highest BCUT2D eigenvalue weighted by Gasteiger charge is 2.36. The van der Waals surface area contributed by atoms with Crippen LogP contribution in [-0.4, -0.2) is 26.0 Å². The largest absolute Gasteiger partial charge is 0.327 e. The van der Waals surface area contributed by atoms with Crippen LogP contribution in [0.2, 0.25) is 0 Å². The molecule has 2 N–H and O–H groups in total. The van der Waals surface area contributed by atoms with Gasteiger partial charge in [0.15, 0.2) is 0 Å². The van der Waals surface area contributed by atoms with E-state index in [9.17, 15) is 8.42 Å². The Morgan fingerprint density at radius 1 is 1.23 bits per heavy atom. The van der Waals surface area contributed by atoms with Crippen molar-refractivity contribution in [2.75, 3.05) is 11.5 Å². The Labute approximate surface area is 79.6 Å². The number of nitrogens with two attached hydrogens (primary N) is 1. The molecule has 1 heterocycles. The first-order valence-corrected chi connectivity index (χ1v) is 6.85. The van der Waals surface area contributed by atoms with Crippen molar-refractivity contribution in [1.82, 2.24) is 0 Å².